The fourth-order valence-electron chi connectivity index (χ4n) is 8.32. The Morgan fingerprint density at radius 2 is 1.75 bits per heavy atom. The van der Waals surface area contributed by atoms with Crippen LogP contribution in [0.4, 0.5) is 5.69 Å². The molecule has 0 spiro atoms. The fourth-order valence-corrected chi connectivity index (χ4v) is 8.49. The Morgan fingerprint density at radius 1 is 0.982 bits per heavy atom. The summed E-state index contributed by atoms with van der Waals surface area (Å²) in [5.74, 6) is 0.217. The number of pyridine rings is 1. The molecule has 6 rings (SSSR count). The lowest BCUT2D eigenvalue weighted by atomic mass is 9.74. The monoisotopic (exact) mass is 780 g/mol. The van der Waals surface area contributed by atoms with Crippen molar-refractivity contribution in [3.8, 4) is 0 Å². The van der Waals surface area contributed by atoms with Crippen molar-refractivity contribution in [3.05, 3.63) is 173 Å². The number of aromatic nitrogens is 1. The molecule has 2 aromatic carbocycles. The number of aryl methyl sites for hydroxylation is 2. The van der Waals surface area contributed by atoms with E-state index in [1.165, 1.54) is 39.0 Å². The molecule has 2 unspecified atom stereocenters. The molecule has 0 amide bonds. The maximum absolute atomic E-state index is 6.44. The maximum atomic E-state index is 6.44. The van der Waals surface area contributed by atoms with Crippen LogP contribution in [0.1, 0.15) is 88.1 Å². The molecule has 0 saturated heterocycles. The molecule has 0 radical (unpaired) electrons. The van der Waals surface area contributed by atoms with Crippen molar-refractivity contribution >= 4 is 33.9 Å². The number of allylic oxidation sites excluding steroid dienone is 7. The Morgan fingerprint density at radius 3 is 2.47 bits per heavy atom. The minimum absolute atomic E-state index is 0.0160. The zero-order chi connectivity index (χ0) is 40.8. The van der Waals surface area contributed by atoms with Gasteiger partial charge in [0.2, 0.25) is 0 Å². The Labute approximate surface area is 346 Å². The van der Waals surface area contributed by atoms with E-state index in [0.29, 0.717) is 6.54 Å². The molecule has 6 nitrogen and oxygen atoms in total. The molecule has 4 N–H and O–H groups in total. The minimum Gasteiger partial charge on any atom is -0.389 e. The predicted octanol–water partition coefficient (Wildman–Crippen LogP) is 11.8. The van der Waals surface area contributed by atoms with Gasteiger partial charge in [-0.15, -0.1) is 0 Å². The number of hydrogen-bond donors (Lipinski definition) is 4. The molecule has 0 fully saturated rings. The molecule has 0 bridgehead atoms. The first-order valence-corrected chi connectivity index (χ1v) is 20.9. The van der Waals surface area contributed by atoms with Gasteiger partial charge in [0.15, 0.2) is 0 Å². The molecule has 1 aliphatic carbocycles. The van der Waals surface area contributed by atoms with Gasteiger partial charge in [0.25, 0.3) is 0 Å². The van der Waals surface area contributed by atoms with Gasteiger partial charge in [0.05, 0.1) is 36.0 Å². The van der Waals surface area contributed by atoms with Gasteiger partial charge in [-0.2, -0.15) is 0 Å². The van der Waals surface area contributed by atoms with Crippen molar-refractivity contribution in [1.29, 1.82) is 0 Å². The van der Waals surface area contributed by atoms with Crippen LogP contribution in [0.5, 0.6) is 0 Å². The van der Waals surface area contributed by atoms with E-state index in [1.807, 2.05) is 19.1 Å². The van der Waals surface area contributed by atoms with Crippen LogP contribution in [-0.4, -0.2) is 29.0 Å². The van der Waals surface area contributed by atoms with E-state index >= 15 is 0 Å². The molecule has 3 heterocycles. The standard InChI is InChI=1S/C50H61ClN6/c1-11-34(7)53-29-35(8)54-47(14-13-25-52-31(3)4)36(9)55-40-21-18-38(19-22-40)17-15-32(5)26-43-33(6)16-23-42-37(10)57-30-46-41(12-2)45-27-39(51)20-24-48(45)56-50(46)49(57)28-44(42)43/h18-22,24,27-28,43,47,52-55H,3,5-17,23,25-26,29-30H2,1-2,4H3. The summed E-state index contributed by atoms with van der Waals surface area (Å²) in [6.07, 6.45) is 10.7. The molecule has 7 heteroatoms. The molecule has 0 saturated carbocycles. The van der Waals surface area contributed by atoms with Crippen molar-refractivity contribution in [1.82, 2.24) is 25.8 Å². The third-order valence-corrected chi connectivity index (χ3v) is 11.9. The lowest BCUT2D eigenvalue weighted by molar-refractivity contribution is 0.490. The number of fused-ring (bicyclic) bond motifs is 4. The number of benzene rings is 2. The largest absolute Gasteiger partial charge is 0.389 e. The molecule has 1 aromatic heterocycles. The van der Waals surface area contributed by atoms with Crippen molar-refractivity contribution in [2.75, 3.05) is 18.4 Å². The highest BCUT2D eigenvalue weighted by molar-refractivity contribution is 6.31. The van der Waals surface area contributed by atoms with E-state index in [4.69, 9.17) is 16.6 Å². The molecule has 3 aromatic rings. The van der Waals surface area contributed by atoms with Crippen molar-refractivity contribution < 1.29 is 0 Å². The summed E-state index contributed by atoms with van der Waals surface area (Å²) in [5, 5.41) is 15.7. The number of nitrogens with zero attached hydrogens (tertiary/aromatic N) is 2. The van der Waals surface area contributed by atoms with E-state index in [0.717, 1.165) is 132 Å². The molecular formula is C50H61ClN6. The zero-order valence-electron chi connectivity index (χ0n) is 34.5. The highest BCUT2D eigenvalue weighted by atomic mass is 35.5. The van der Waals surface area contributed by atoms with Crippen molar-refractivity contribution in [2.24, 2.45) is 5.92 Å². The summed E-state index contributed by atoms with van der Waals surface area (Å²) >= 11 is 6.44. The first-order valence-electron chi connectivity index (χ1n) is 20.5. The van der Waals surface area contributed by atoms with Crippen LogP contribution in [0.15, 0.2) is 145 Å². The number of halogens is 1. The summed E-state index contributed by atoms with van der Waals surface area (Å²) in [5.41, 5.74) is 18.2. The van der Waals surface area contributed by atoms with Gasteiger partial charge in [0, 0.05) is 62.6 Å². The predicted molar refractivity (Wildman–Crippen MR) is 245 cm³/mol. The summed E-state index contributed by atoms with van der Waals surface area (Å²) in [6.45, 7) is 39.1. The number of nitrogens with one attached hydrogen (secondary N) is 4. The molecule has 2 atom stereocenters. The highest BCUT2D eigenvalue weighted by Crippen LogP contribution is 2.50. The van der Waals surface area contributed by atoms with Crippen LogP contribution in [0.2, 0.25) is 5.02 Å². The lowest BCUT2D eigenvalue weighted by Gasteiger charge is -2.37. The third kappa shape index (κ3) is 9.68. The van der Waals surface area contributed by atoms with E-state index in [2.05, 4.69) is 122 Å². The normalized spacial score (nSPS) is 16.3. The second-order valence-corrected chi connectivity index (χ2v) is 16.3. The second-order valence-electron chi connectivity index (χ2n) is 15.9. The van der Waals surface area contributed by atoms with Crippen LogP contribution >= 0.6 is 11.6 Å². The SMILES string of the molecule is C=C(CCc1ccc(NC(=C)C(CCCNC(=C)C)NC(=C)CNC(=C)CC)cc1)CC1C(=C)CCC2=C1C=C1c3nc4ccc(Cl)cc4c(CC)c3CN1C2=C. The third-order valence-electron chi connectivity index (χ3n) is 11.6. The van der Waals surface area contributed by atoms with E-state index in [1.54, 1.807) is 0 Å². The van der Waals surface area contributed by atoms with Crippen molar-refractivity contribution in [3.63, 3.8) is 0 Å². The molecule has 57 heavy (non-hydrogen) atoms. The summed E-state index contributed by atoms with van der Waals surface area (Å²) < 4.78 is 0. The lowest BCUT2D eigenvalue weighted by Crippen LogP contribution is -2.36. The van der Waals surface area contributed by atoms with E-state index in [9.17, 15) is 0 Å². The number of rotatable bonds is 20. The average Bonchev–Trinajstić information content (AvgIpc) is 3.56. The summed E-state index contributed by atoms with van der Waals surface area (Å²) in [7, 11) is 0. The molecule has 298 valence electrons. The molecule has 3 aliphatic rings. The van der Waals surface area contributed by atoms with E-state index in [-0.39, 0.29) is 12.0 Å². The Hall–Kier alpha value is -5.20. The smallest absolute Gasteiger partial charge is 0.0927 e. The van der Waals surface area contributed by atoms with Crippen LogP contribution < -0.4 is 21.3 Å². The van der Waals surface area contributed by atoms with E-state index < -0.39 is 0 Å². The number of hydrogen-bond acceptors (Lipinski definition) is 6. The molecular weight excluding hydrogens is 720 g/mol. The van der Waals surface area contributed by atoms with Crippen molar-refractivity contribution in [2.45, 2.75) is 91.1 Å². The first kappa shape index (κ1) is 41.4. The Balaban J connectivity index is 1.09. The maximum Gasteiger partial charge on any atom is 0.0927 e. The van der Waals surface area contributed by atoms with Gasteiger partial charge in [-0.25, -0.2) is 4.98 Å². The Bertz CT molecular complexity index is 2180. The average molecular weight is 782 g/mol. The first-order chi connectivity index (χ1) is 27.4. The second kappa shape index (κ2) is 18.4. The Kier molecular flexibility index (Phi) is 13.4. The van der Waals surface area contributed by atoms with Crippen LogP contribution in [-0.2, 0) is 19.4 Å². The quantitative estimate of drug-likeness (QED) is 0.0676. The van der Waals surface area contributed by atoms with Crippen LogP contribution in [0, 0.1) is 5.92 Å². The van der Waals surface area contributed by atoms with Gasteiger partial charge < -0.3 is 26.2 Å². The summed E-state index contributed by atoms with van der Waals surface area (Å²) in [4.78, 5) is 7.59. The van der Waals surface area contributed by atoms with Gasteiger partial charge in [-0.05, 0) is 123 Å². The van der Waals surface area contributed by atoms with Gasteiger partial charge in [-0.3, -0.25) is 0 Å². The topological polar surface area (TPSA) is 64.2 Å². The molecule has 2 aliphatic heterocycles. The minimum atomic E-state index is 0.0160. The van der Waals surface area contributed by atoms with Crippen LogP contribution in [0.3, 0.4) is 0 Å². The fraction of sp³-hybridized carbons (Fsp3) is 0.340. The van der Waals surface area contributed by atoms with Gasteiger partial charge in [0.1, 0.15) is 0 Å². The van der Waals surface area contributed by atoms with Gasteiger partial charge in [-0.1, -0.05) is 94.8 Å². The number of anilines is 1. The van der Waals surface area contributed by atoms with Crippen LogP contribution in [0.25, 0.3) is 16.6 Å². The van der Waals surface area contributed by atoms with Gasteiger partial charge >= 0.3 is 0 Å². The highest BCUT2D eigenvalue weighted by Gasteiger charge is 2.38. The summed E-state index contributed by atoms with van der Waals surface area (Å²) in [6, 6.07) is 14.8. The zero-order valence-corrected chi connectivity index (χ0v) is 35.2.